The van der Waals surface area contributed by atoms with Gasteiger partial charge in [-0.1, -0.05) is 24.4 Å². The zero-order valence-corrected chi connectivity index (χ0v) is 15.9. The Balaban J connectivity index is 1.80. The van der Waals surface area contributed by atoms with Crippen molar-refractivity contribution >= 4 is 23.3 Å². The highest BCUT2D eigenvalue weighted by molar-refractivity contribution is 8.03. The standard InChI is InChI=1S/C20H24FN5S/c1-13(22)25-18-5-3-2-4-16(18)20(23)26-14-6-7-19(17(21)12-14)27-15-8-10-24-11-9-15/h6-10,12,24-25H,1-5,11,22H2,(H2,23,26). The number of dihydropyridines is 1. The average Bonchev–Trinajstić information content (AvgIpc) is 2.65. The molecule has 2 aliphatic rings. The predicted molar refractivity (Wildman–Crippen MR) is 111 cm³/mol. The predicted octanol–water partition coefficient (Wildman–Crippen LogP) is 3.75. The molecule has 0 saturated carbocycles. The number of hydrogen-bond donors (Lipinski definition) is 4. The first-order chi connectivity index (χ1) is 13.0. The first-order valence-corrected chi connectivity index (χ1v) is 9.70. The number of aliphatic imine (C=N–C) groups is 1. The summed E-state index contributed by atoms with van der Waals surface area (Å²) in [6, 6.07) is 4.93. The highest BCUT2D eigenvalue weighted by Crippen LogP contribution is 2.32. The number of thioether (sulfide) groups is 1. The van der Waals surface area contributed by atoms with E-state index >= 15 is 0 Å². The van der Waals surface area contributed by atoms with Crippen LogP contribution in [0.4, 0.5) is 10.1 Å². The van der Waals surface area contributed by atoms with Crippen LogP contribution in [0.1, 0.15) is 25.7 Å². The molecule has 0 unspecified atom stereocenters. The molecule has 1 aromatic carbocycles. The third kappa shape index (κ3) is 5.17. The number of amidine groups is 1. The van der Waals surface area contributed by atoms with E-state index in [1.54, 1.807) is 12.1 Å². The van der Waals surface area contributed by atoms with Crippen LogP contribution < -0.4 is 22.1 Å². The summed E-state index contributed by atoms with van der Waals surface area (Å²) in [4.78, 5) is 5.99. The van der Waals surface area contributed by atoms with Crippen molar-refractivity contribution in [3.05, 3.63) is 70.9 Å². The second-order valence-electron chi connectivity index (χ2n) is 6.38. The largest absolute Gasteiger partial charge is 0.387 e. The number of halogens is 1. The van der Waals surface area contributed by atoms with Crippen LogP contribution in [0, 0.1) is 5.82 Å². The quantitative estimate of drug-likeness (QED) is 0.442. The van der Waals surface area contributed by atoms with Crippen LogP contribution in [0.5, 0.6) is 0 Å². The van der Waals surface area contributed by atoms with Crippen molar-refractivity contribution < 1.29 is 4.39 Å². The van der Waals surface area contributed by atoms with Gasteiger partial charge < -0.3 is 22.1 Å². The van der Waals surface area contributed by atoms with Crippen molar-refractivity contribution in [1.29, 1.82) is 0 Å². The van der Waals surface area contributed by atoms with E-state index in [-0.39, 0.29) is 5.82 Å². The van der Waals surface area contributed by atoms with Gasteiger partial charge in [0, 0.05) is 33.7 Å². The van der Waals surface area contributed by atoms with Gasteiger partial charge in [-0.3, -0.25) is 0 Å². The highest BCUT2D eigenvalue weighted by atomic mass is 32.2. The summed E-state index contributed by atoms with van der Waals surface area (Å²) in [6.45, 7) is 4.43. The second kappa shape index (κ2) is 8.81. The molecule has 7 heteroatoms. The lowest BCUT2D eigenvalue weighted by Gasteiger charge is -2.21. The maximum atomic E-state index is 14.5. The molecule has 0 aromatic heterocycles. The van der Waals surface area contributed by atoms with Gasteiger partial charge in [-0.05, 0) is 50.1 Å². The van der Waals surface area contributed by atoms with Crippen molar-refractivity contribution in [1.82, 2.24) is 10.6 Å². The second-order valence-corrected chi connectivity index (χ2v) is 7.49. The van der Waals surface area contributed by atoms with E-state index in [9.17, 15) is 4.39 Å². The smallest absolute Gasteiger partial charge is 0.139 e. The molecule has 0 amide bonds. The number of benzene rings is 1. The number of rotatable bonds is 6. The van der Waals surface area contributed by atoms with E-state index < -0.39 is 0 Å². The van der Waals surface area contributed by atoms with Gasteiger partial charge in [0.05, 0.1) is 11.5 Å². The minimum absolute atomic E-state index is 0.312. The Labute approximate surface area is 163 Å². The zero-order valence-electron chi connectivity index (χ0n) is 15.1. The first-order valence-electron chi connectivity index (χ1n) is 8.88. The van der Waals surface area contributed by atoms with E-state index in [0.717, 1.165) is 48.4 Å². The van der Waals surface area contributed by atoms with E-state index in [4.69, 9.17) is 11.5 Å². The Kier molecular flexibility index (Phi) is 6.24. The summed E-state index contributed by atoms with van der Waals surface area (Å²) in [7, 11) is 0. The Morgan fingerprint density at radius 2 is 2.07 bits per heavy atom. The molecule has 27 heavy (non-hydrogen) atoms. The summed E-state index contributed by atoms with van der Waals surface area (Å²) in [5, 5.41) is 6.15. The average molecular weight is 386 g/mol. The maximum absolute atomic E-state index is 14.5. The molecular weight excluding hydrogens is 361 g/mol. The molecule has 0 fully saturated rings. The van der Waals surface area contributed by atoms with Crippen LogP contribution in [-0.2, 0) is 0 Å². The van der Waals surface area contributed by atoms with Crippen LogP contribution in [0.2, 0.25) is 0 Å². The Morgan fingerprint density at radius 3 is 2.78 bits per heavy atom. The Bertz CT molecular complexity index is 854. The van der Waals surface area contributed by atoms with Gasteiger partial charge in [-0.15, -0.1) is 0 Å². The summed E-state index contributed by atoms with van der Waals surface area (Å²) in [5.41, 5.74) is 14.3. The molecule has 142 valence electrons. The van der Waals surface area contributed by atoms with Crippen LogP contribution in [0.15, 0.2) is 75.0 Å². The van der Waals surface area contributed by atoms with Crippen LogP contribution in [0.25, 0.3) is 0 Å². The van der Waals surface area contributed by atoms with Crippen molar-refractivity contribution in [2.45, 2.75) is 30.6 Å². The molecule has 6 N–H and O–H groups in total. The number of nitrogens with one attached hydrogen (secondary N) is 2. The number of hydrogen-bond acceptors (Lipinski definition) is 5. The van der Waals surface area contributed by atoms with Crippen molar-refractivity contribution in [2.24, 2.45) is 16.5 Å². The summed E-state index contributed by atoms with van der Waals surface area (Å²) in [5.74, 6) is 0.460. The van der Waals surface area contributed by atoms with Crippen molar-refractivity contribution in [2.75, 3.05) is 6.54 Å². The van der Waals surface area contributed by atoms with Gasteiger partial charge in [0.15, 0.2) is 0 Å². The van der Waals surface area contributed by atoms with E-state index in [1.807, 2.05) is 18.4 Å². The molecule has 5 nitrogen and oxygen atoms in total. The van der Waals surface area contributed by atoms with Gasteiger partial charge in [-0.25, -0.2) is 9.38 Å². The molecular formula is C20H24FN5S. The minimum atomic E-state index is -0.312. The Morgan fingerprint density at radius 1 is 1.26 bits per heavy atom. The topological polar surface area (TPSA) is 88.5 Å². The van der Waals surface area contributed by atoms with Gasteiger partial charge >= 0.3 is 0 Å². The van der Waals surface area contributed by atoms with Crippen LogP contribution in [0.3, 0.4) is 0 Å². The molecule has 3 rings (SSSR count). The van der Waals surface area contributed by atoms with E-state index in [1.165, 1.54) is 17.8 Å². The number of nitrogens with zero attached hydrogens (tertiary/aromatic N) is 1. The first kappa shape index (κ1) is 19.1. The molecule has 0 spiro atoms. The molecule has 0 radical (unpaired) electrons. The summed E-state index contributed by atoms with van der Waals surface area (Å²) in [6.07, 6.45) is 9.57. The molecule has 0 saturated heterocycles. The van der Waals surface area contributed by atoms with E-state index in [0.29, 0.717) is 22.2 Å². The van der Waals surface area contributed by atoms with Gasteiger partial charge in [0.1, 0.15) is 11.7 Å². The third-order valence-electron chi connectivity index (χ3n) is 4.27. The van der Waals surface area contributed by atoms with Crippen molar-refractivity contribution in [3.63, 3.8) is 0 Å². The lowest BCUT2D eigenvalue weighted by atomic mass is 9.95. The third-order valence-corrected chi connectivity index (χ3v) is 5.36. The van der Waals surface area contributed by atoms with Gasteiger partial charge in [0.2, 0.25) is 0 Å². The lowest BCUT2D eigenvalue weighted by molar-refractivity contribution is 0.602. The summed E-state index contributed by atoms with van der Waals surface area (Å²) < 4.78 is 14.5. The fourth-order valence-corrected chi connectivity index (χ4v) is 3.86. The lowest BCUT2D eigenvalue weighted by Crippen LogP contribution is -2.27. The van der Waals surface area contributed by atoms with Crippen LogP contribution in [-0.4, -0.2) is 12.4 Å². The monoisotopic (exact) mass is 385 g/mol. The fraction of sp³-hybridized carbons (Fsp3) is 0.250. The molecule has 1 aromatic rings. The zero-order chi connectivity index (χ0) is 19.2. The molecule has 0 atom stereocenters. The van der Waals surface area contributed by atoms with E-state index in [2.05, 4.69) is 22.2 Å². The van der Waals surface area contributed by atoms with Crippen molar-refractivity contribution in [3.8, 4) is 0 Å². The number of allylic oxidation sites excluding steroid dienone is 2. The molecule has 1 aliphatic heterocycles. The normalized spacial score (nSPS) is 17.4. The highest BCUT2D eigenvalue weighted by Gasteiger charge is 2.16. The Hall–Kier alpha value is -2.67. The fourth-order valence-electron chi connectivity index (χ4n) is 3.01. The minimum Gasteiger partial charge on any atom is -0.387 e. The van der Waals surface area contributed by atoms with Crippen LogP contribution >= 0.6 is 11.8 Å². The molecule has 0 bridgehead atoms. The van der Waals surface area contributed by atoms with Gasteiger partial charge in [-0.2, -0.15) is 0 Å². The van der Waals surface area contributed by atoms with Gasteiger partial charge in [0.25, 0.3) is 0 Å². The number of nitrogens with two attached hydrogens (primary N) is 2. The molecule has 1 aliphatic carbocycles. The summed E-state index contributed by atoms with van der Waals surface area (Å²) >= 11 is 1.39. The maximum Gasteiger partial charge on any atom is 0.139 e. The molecule has 1 heterocycles. The SMILES string of the molecule is C=C(N)NC1=C(C(N)=Nc2ccc(SC3=CCNC=C3)c(F)c2)CCCC1.